The van der Waals surface area contributed by atoms with Gasteiger partial charge in [-0.05, 0) is 17.7 Å². The molecule has 1 fully saturated rings. The standard InChI is InChI=1S/C14H19NO4/c1-14(8-19-9-14)7-15-13(17)12(16)10-3-5-11(18-2)6-4-10/h3-6,12,16H,7-9H2,1-2H3,(H,15,17). The Hall–Kier alpha value is -1.59. The molecule has 1 atom stereocenters. The molecule has 1 unspecified atom stereocenters. The maximum atomic E-state index is 11.9. The van der Waals surface area contributed by atoms with E-state index in [0.717, 1.165) is 0 Å². The fourth-order valence-electron chi connectivity index (χ4n) is 1.89. The van der Waals surface area contributed by atoms with Crippen LogP contribution in [-0.4, -0.2) is 37.9 Å². The molecule has 0 saturated carbocycles. The summed E-state index contributed by atoms with van der Waals surface area (Å²) >= 11 is 0. The molecular formula is C14H19NO4. The zero-order valence-electron chi connectivity index (χ0n) is 11.2. The Balaban J connectivity index is 1.90. The fourth-order valence-corrected chi connectivity index (χ4v) is 1.89. The highest BCUT2D eigenvalue weighted by molar-refractivity contribution is 5.81. The molecule has 0 aliphatic carbocycles. The smallest absolute Gasteiger partial charge is 0.253 e. The van der Waals surface area contributed by atoms with E-state index in [9.17, 15) is 9.90 Å². The van der Waals surface area contributed by atoms with Crippen molar-refractivity contribution in [3.63, 3.8) is 0 Å². The number of carbonyl (C=O) groups is 1. The number of aliphatic hydroxyl groups is 1. The molecule has 1 heterocycles. The molecule has 19 heavy (non-hydrogen) atoms. The van der Waals surface area contributed by atoms with E-state index in [1.54, 1.807) is 31.4 Å². The van der Waals surface area contributed by atoms with Crippen molar-refractivity contribution in [3.05, 3.63) is 29.8 Å². The lowest BCUT2D eigenvalue weighted by atomic mass is 9.88. The molecule has 0 spiro atoms. The van der Waals surface area contributed by atoms with Crippen LogP contribution in [0.4, 0.5) is 0 Å². The topological polar surface area (TPSA) is 67.8 Å². The molecule has 0 radical (unpaired) electrons. The zero-order valence-corrected chi connectivity index (χ0v) is 11.2. The average molecular weight is 265 g/mol. The maximum Gasteiger partial charge on any atom is 0.253 e. The number of hydrogen-bond donors (Lipinski definition) is 2. The quantitative estimate of drug-likeness (QED) is 0.829. The second kappa shape index (κ2) is 5.59. The lowest BCUT2D eigenvalue weighted by Gasteiger charge is -2.38. The third-order valence-electron chi connectivity index (χ3n) is 3.27. The summed E-state index contributed by atoms with van der Waals surface area (Å²) in [4.78, 5) is 11.9. The molecule has 2 N–H and O–H groups in total. The van der Waals surface area contributed by atoms with Gasteiger partial charge in [-0.1, -0.05) is 19.1 Å². The number of benzene rings is 1. The highest BCUT2D eigenvalue weighted by Crippen LogP contribution is 2.25. The van der Waals surface area contributed by atoms with E-state index >= 15 is 0 Å². The lowest BCUT2D eigenvalue weighted by molar-refractivity contribution is -0.134. The minimum absolute atomic E-state index is 0.00467. The molecular weight excluding hydrogens is 246 g/mol. The Labute approximate surface area is 112 Å². The molecule has 1 aliphatic rings. The third-order valence-corrected chi connectivity index (χ3v) is 3.27. The van der Waals surface area contributed by atoms with Crippen molar-refractivity contribution in [1.82, 2.24) is 5.32 Å². The van der Waals surface area contributed by atoms with Crippen LogP contribution in [-0.2, 0) is 9.53 Å². The summed E-state index contributed by atoms with van der Waals surface area (Å²) in [6, 6.07) is 6.79. The van der Waals surface area contributed by atoms with E-state index in [1.807, 2.05) is 6.92 Å². The van der Waals surface area contributed by atoms with Gasteiger partial charge in [-0.3, -0.25) is 4.79 Å². The highest BCUT2D eigenvalue weighted by Gasteiger charge is 2.34. The number of aliphatic hydroxyl groups excluding tert-OH is 1. The van der Waals surface area contributed by atoms with Gasteiger partial charge in [0.15, 0.2) is 6.10 Å². The predicted octanol–water partition coefficient (Wildman–Crippen LogP) is 0.881. The van der Waals surface area contributed by atoms with Crippen molar-refractivity contribution in [3.8, 4) is 5.75 Å². The van der Waals surface area contributed by atoms with E-state index in [2.05, 4.69) is 5.32 Å². The average Bonchev–Trinajstić information content (AvgIpc) is 2.42. The second-order valence-electron chi connectivity index (χ2n) is 5.20. The number of nitrogens with one attached hydrogen (secondary N) is 1. The van der Waals surface area contributed by atoms with E-state index < -0.39 is 12.0 Å². The van der Waals surface area contributed by atoms with Crippen LogP contribution in [0.5, 0.6) is 5.75 Å². The van der Waals surface area contributed by atoms with Crippen LogP contribution in [0.1, 0.15) is 18.6 Å². The van der Waals surface area contributed by atoms with Crippen LogP contribution in [0, 0.1) is 5.41 Å². The first-order valence-corrected chi connectivity index (χ1v) is 6.21. The monoisotopic (exact) mass is 265 g/mol. The van der Waals surface area contributed by atoms with Gasteiger partial charge < -0.3 is 19.9 Å². The molecule has 5 heteroatoms. The third kappa shape index (κ3) is 3.24. The Bertz CT molecular complexity index is 439. The van der Waals surface area contributed by atoms with Crippen molar-refractivity contribution >= 4 is 5.91 Å². The number of hydrogen-bond acceptors (Lipinski definition) is 4. The molecule has 0 bridgehead atoms. The van der Waals surface area contributed by atoms with Crippen LogP contribution in [0.25, 0.3) is 0 Å². The number of amides is 1. The van der Waals surface area contributed by atoms with E-state index in [-0.39, 0.29) is 5.41 Å². The lowest BCUT2D eigenvalue weighted by Crippen LogP contribution is -2.49. The molecule has 5 nitrogen and oxygen atoms in total. The molecule has 104 valence electrons. The normalized spacial score (nSPS) is 18.3. The van der Waals surface area contributed by atoms with Crippen LogP contribution in [0.2, 0.25) is 0 Å². The summed E-state index contributed by atoms with van der Waals surface area (Å²) in [6.45, 7) is 3.84. The number of rotatable bonds is 5. The van der Waals surface area contributed by atoms with Gasteiger partial charge in [0, 0.05) is 12.0 Å². The summed E-state index contributed by atoms with van der Waals surface area (Å²) in [5.41, 5.74) is 0.545. The van der Waals surface area contributed by atoms with Crippen LogP contribution >= 0.6 is 0 Å². The van der Waals surface area contributed by atoms with Crippen molar-refractivity contribution in [1.29, 1.82) is 0 Å². The maximum absolute atomic E-state index is 11.9. The van der Waals surface area contributed by atoms with Crippen LogP contribution in [0.3, 0.4) is 0 Å². The molecule has 1 aliphatic heterocycles. The minimum Gasteiger partial charge on any atom is -0.497 e. The van der Waals surface area contributed by atoms with Crippen LogP contribution < -0.4 is 10.1 Å². The van der Waals surface area contributed by atoms with Crippen molar-refractivity contribution in [2.24, 2.45) is 5.41 Å². The summed E-state index contributed by atoms with van der Waals surface area (Å²) in [7, 11) is 1.57. The Morgan fingerprint density at radius 3 is 2.58 bits per heavy atom. The largest absolute Gasteiger partial charge is 0.497 e. The molecule has 0 aromatic heterocycles. The van der Waals surface area contributed by atoms with Gasteiger partial charge in [0.25, 0.3) is 5.91 Å². The highest BCUT2D eigenvalue weighted by atomic mass is 16.5. The van der Waals surface area contributed by atoms with Gasteiger partial charge in [-0.15, -0.1) is 0 Å². The molecule has 2 rings (SSSR count). The van der Waals surface area contributed by atoms with E-state index in [0.29, 0.717) is 31.1 Å². The first-order chi connectivity index (χ1) is 9.04. The number of carbonyl (C=O) groups excluding carboxylic acids is 1. The Morgan fingerprint density at radius 2 is 2.11 bits per heavy atom. The van der Waals surface area contributed by atoms with Gasteiger partial charge in [-0.25, -0.2) is 0 Å². The molecule has 1 aromatic carbocycles. The van der Waals surface area contributed by atoms with Gasteiger partial charge in [-0.2, -0.15) is 0 Å². The molecule has 1 aromatic rings. The van der Waals surface area contributed by atoms with E-state index in [1.165, 1.54) is 0 Å². The molecule has 1 saturated heterocycles. The summed E-state index contributed by atoms with van der Waals surface area (Å²) in [5, 5.41) is 12.7. The summed E-state index contributed by atoms with van der Waals surface area (Å²) in [6.07, 6.45) is -1.16. The first-order valence-electron chi connectivity index (χ1n) is 6.21. The van der Waals surface area contributed by atoms with Gasteiger partial charge in [0.05, 0.1) is 20.3 Å². The SMILES string of the molecule is COc1ccc(C(O)C(=O)NCC2(C)COC2)cc1. The van der Waals surface area contributed by atoms with Gasteiger partial charge in [0.2, 0.25) is 0 Å². The number of methoxy groups -OCH3 is 1. The Morgan fingerprint density at radius 1 is 1.47 bits per heavy atom. The fraction of sp³-hybridized carbons (Fsp3) is 0.500. The zero-order chi connectivity index (χ0) is 13.9. The van der Waals surface area contributed by atoms with Gasteiger partial charge >= 0.3 is 0 Å². The van der Waals surface area contributed by atoms with Crippen molar-refractivity contribution < 1.29 is 19.4 Å². The van der Waals surface area contributed by atoms with Crippen LogP contribution in [0.15, 0.2) is 24.3 Å². The summed E-state index contributed by atoms with van der Waals surface area (Å²) < 4.78 is 10.1. The van der Waals surface area contributed by atoms with E-state index in [4.69, 9.17) is 9.47 Å². The predicted molar refractivity (Wildman–Crippen MR) is 69.9 cm³/mol. The van der Waals surface area contributed by atoms with Crippen molar-refractivity contribution in [2.75, 3.05) is 26.9 Å². The number of ether oxygens (including phenoxy) is 2. The first kappa shape index (κ1) is 13.8. The molecule has 1 amide bonds. The Kier molecular flexibility index (Phi) is 4.07. The van der Waals surface area contributed by atoms with Crippen molar-refractivity contribution in [2.45, 2.75) is 13.0 Å². The minimum atomic E-state index is -1.16. The van der Waals surface area contributed by atoms with Gasteiger partial charge in [0.1, 0.15) is 5.75 Å². The summed E-state index contributed by atoms with van der Waals surface area (Å²) in [5.74, 6) is 0.300. The second-order valence-corrected chi connectivity index (χ2v) is 5.20.